The van der Waals surface area contributed by atoms with E-state index in [1.807, 2.05) is 20.8 Å². The fourth-order valence-electron chi connectivity index (χ4n) is 2.63. The smallest absolute Gasteiger partial charge is 0.404 e. The molecule has 2 amide bonds. The highest BCUT2D eigenvalue weighted by atomic mass is 28.3. The Hall–Kier alpha value is -1.04. The molecule has 0 aromatic carbocycles. The van der Waals surface area contributed by atoms with Gasteiger partial charge in [-0.1, -0.05) is 67.2 Å². The average molecular weight is 373 g/mol. The zero-order chi connectivity index (χ0) is 20.1. The number of ether oxygens (including phenoxy) is 1. The lowest BCUT2D eigenvalue weighted by molar-refractivity contribution is -0.129. The van der Waals surface area contributed by atoms with Gasteiger partial charge in [0.2, 0.25) is 5.91 Å². The van der Waals surface area contributed by atoms with Gasteiger partial charge in [-0.25, -0.2) is 4.79 Å². The highest BCUT2D eigenvalue weighted by Crippen LogP contribution is 2.26. The van der Waals surface area contributed by atoms with Crippen molar-refractivity contribution in [2.24, 2.45) is 16.6 Å². The van der Waals surface area contributed by atoms with E-state index in [0.29, 0.717) is 6.42 Å². The topological polar surface area (TPSA) is 81.4 Å². The monoisotopic (exact) mass is 372 g/mol. The molecule has 0 aliphatic heterocycles. The molecule has 0 aliphatic rings. The molecule has 2 atom stereocenters. The molecule has 148 valence electrons. The summed E-state index contributed by atoms with van der Waals surface area (Å²) in [5.74, 6) is 0.0183. The van der Waals surface area contributed by atoms with E-state index in [2.05, 4.69) is 45.7 Å². The maximum Gasteiger partial charge on any atom is 0.404 e. The van der Waals surface area contributed by atoms with Crippen LogP contribution in [-0.4, -0.2) is 32.2 Å². The lowest BCUT2D eigenvalue weighted by Gasteiger charge is -2.32. The standard InChI is InChI=1S/C19H40N2O3Si/c1-18(2,3)13-14(21-16(22)19(4,5)6)12-15(24-17(20)23)10-11-25(7,8)9/h14-15H,10-13H2,1-9H3,(H2,20,23)(H,21,22)/t14-,15?/m1/s1. The van der Waals surface area contributed by atoms with Gasteiger partial charge in [-0.2, -0.15) is 0 Å². The van der Waals surface area contributed by atoms with Crippen LogP contribution in [0.3, 0.4) is 0 Å². The summed E-state index contributed by atoms with van der Waals surface area (Å²) < 4.78 is 5.37. The number of hydrogen-bond donors (Lipinski definition) is 2. The first kappa shape index (κ1) is 24.0. The second-order valence-corrected chi connectivity index (χ2v) is 16.2. The summed E-state index contributed by atoms with van der Waals surface area (Å²) in [4.78, 5) is 23.8. The Bertz CT molecular complexity index is 445. The van der Waals surface area contributed by atoms with Crippen molar-refractivity contribution >= 4 is 20.1 Å². The number of amides is 2. The number of carbonyl (C=O) groups is 2. The summed E-state index contributed by atoms with van der Waals surface area (Å²) in [5.41, 5.74) is 4.88. The van der Waals surface area contributed by atoms with Gasteiger partial charge >= 0.3 is 6.09 Å². The van der Waals surface area contributed by atoms with E-state index in [0.717, 1.165) is 18.9 Å². The molecule has 0 aliphatic carbocycles. The fourth-order valence-corrected chi connectivity index (χ4v) is 3.82. The highest BCUT2D eigenvalue weighted by Gasteiger charge is 2.30. The van der Waals surface area contributed by atoms with Crippen LogP contribution in [0.2, 0.25) is 25.7 Å². The third-order valence-electron chi connectivity index (χ3n) is 3.92. The van der Waals surface area contributed by atoms with Gasteiger partial charge in [0.1, 0.15) is 6.10 Å². The van der Waals surface area contributed by atoms with Crippen LogP contribution in [0, 0.1) is 10.8 Å². The largest absolute Gasteiger partial charge is 0.446 e. The van der Waals surface area contributed by atoms with E-state index in [4.69, 9.17) is 10.5 Å². The molecule has 0 aromatic rings. The Morgan fingerprint density at radius 1 is 1.08 bits per heavy atom. The minimum Gasteiger partial charge on any atom is -0.446 e. The number of nitrogens with two attached hydrogens (primary N) is 1. The molecule has 0 fully saturated rings. The van der Waals surface area contributed by atoms with Crippen molar-refractivity contribution in [1.82, 2.24) is 5.32 Å². The molecular weight excluding hydrogens is 332 g/mol. The van der Waals surface area contributed by atoms with Crippen LogP contribution < -0.4 is 11.1 Å². The SMILES string of the molecule is CC(C)(C)C[C@@H](CC(CC[Si](C)(C)C)OC(N)=O)NC(=O)C(C)(C)C. The molecule has 25 heavy (non-hydrogen) atoms. The van der Waals surface area contributed by atoms with E-state index in [-0.39, 0.29) is 23.5 Å². The zero-order valence-electron chi connectivity index (χ0n) is 17.8. The van der Waals surface area contributed by atoms with Crippen molar-refractivity contribution in [2.75, 3.05) is 0 Å². The summed E-state index contributed by atoms with van der Waals surface area (Å²) in [6.45, 7) is 19.0. The predicted molar refractivity (Wildman–Crippen MR) is 107 cm³/mol. The number of hydrogen-bond acceptors (Lipinski definition) is 3. The van der Waals surface area contributed by atoms with Gasteiger partial charge < -0.3 is 15.8 Å². The third-order valence-corrected chi connectivity index (χ3v) is 5.71. The molecule has 0 rings (SSSR count). The van der Waals surface area contributed by atoms with Gasteiger partial charge in [0.15, 0.2) is 0 Å². The van der Waals surface area contributed by atoms with Gasteiger partial charge in [0.25, 0.3) is 0 Å². The maximum atomic E-state index is 12.4. The van der Waals surface area contributed by atoms with Gasteiger partial charge in [0, 0.05) is 26.0 Å². The fraction of sp³-hybridized carbons (Fsp3) is 0.895. The zero-order valence-corrected chi connectivity index (χ0v) is 18.8. The third kappa shape index (κ3) is 12.9. The summed E-state index contributed by atoms with van der Waals surface area (Å²) in [5, 5.41) is 3.15. The first-order chi connectivity index (χ1) is 11.0. The molecule has 0 heterocycles. The van der Waals surface area contributed by atoms with Gasteiger partial charge in [0.05, 0.1) is 0 Å². The molecule has 1 unspecified atom stereocenters. The molecule has 0 aromatic heterocycles. The van der Waals surface area contributed by atoms with Crippen molar-refractivity contribution in [3.8, 4) is 0 Å². The summed E-state index contributed by atoms with van der Waals surface area (Å²) >= 11 is 0. The van der Waals surface area contributed by atoms with Gasteiger partial charge in [-0.05, 0) is 18.3 Å². The first-order valence-corrected chi connectivity index (χ1v) is 13.0. The molecule has 0 radical (unpaired) electrons. The van der Waals surface area contributed by atoms with Gasteiger partial charge in [-0.3, -0.25) is 4.79 Å². The second-order valence-electron chi connectivity index (χ2n) is 10.6. The molecule has 0 saturated heterocycles. The number of carbonyl (C=O) groups excluding carboxylic acids is 2. The molecule has 3 N–H and O–H groups in total. The van der Waals surface area contributed by atoms with Crippen molar-refractivity contribution in [1.29, 1.82) is 0 Å². The Morgan fingerprint density at radius 3 is 1.96 bits per heavy atom. The van der Waals surface area contributed by atoms with E-state index in [9.17, 15) is 9.59 Å². The summed E-state index contributed by atoms with van der Waals surface area (Å²) in [6.07, 6.45) is 1.23. The Morgan fingerprint density at radius 2 is 1.60 bits per heavy atom. The molecule has 6 heteroatoms. The van der Waals surface area contributed by atoms with E-state index in [1.54, 1.807) is 0 Å². The molecule has 5 nitrogen and oxygen atoms in total. The van der Waals surface area contributed by atoms with Gasteiger partial charge in [-0.15, -0.1) is 0 Å². The van der Waals surface area contributed by atoms with E-state index in [1.165, 1.54) is 0 Å². The average Bonchev–Trinajstić information content (AvgIpc) is 2.30. The Labute approximate surface area is 155 Å². The van der Waals surface area contributed by atoms with E-state index < -0.39 is 19.6 Å². The van der Waals surface area contributed by atoms with Crippen LogP contribution >= 0.6 is 0 Å². The number of nitrogens with one attached hydrogen (secondary N) is 1. The van der Waals surface area contributed by atoms with Crippen LogP contribution in [-0.2, 0) is 9.53 Å². The number of primary amides is 1. The lowest BCUT2D eigenvalue weighted by atomic mass is 9.85. The van der Waals surface area contributed by atoms with E-state index >= 15 is 0 Å². The Balaban J connectivity index is 5.15. The summed E-state index contributed by atoms with van der Waals surface area (Å²) in [7, 11) is -1.25. The van der Waals surface area contributed by atoms with Crippen molar-refractivity contribution in [3.05, 3.63) is 0 Å². The highest BCUT2D eigenvalue weighted by molar-refractivity contribution is 6.76. The van der Waals surface area contributed by atoms with Crippen LogP contribution in [0.1, 0.15) is 60.8 Å². The van der Waals surface area contributed by atoms with Crippen molar-refractivity contribution in [3.63, 3.8) is 0 Å². The Kier molecular flexibility index (Phi) is 8.68. The lowest BCUT2D eigenvalue weighted by Crippen LogP contribution is -2.45. The molecule has 0 saturated carbocycles. The van der Waals surface area contributed by atoms with Crippen LogP contribution in [0.4, 0.5) is 4.79 Å². The number of rotatable bonds is 8. The molecule has 0 spiro atoms. The second kappa shape index (κ2) is 9.06. The summed E-state index contributed by atoms with van der Waals surface area (Å²) in [6, 6.07) is 1.01. The minimum atomic E-state index is -1.25. The van der Waals surface area contributed by atoms with Crippen LogP contribution in [0.5, 0.6) is 0 Å². The molecular formula is C19H40N2O3Si. The maximum absolute atomic E-state index is 12.4. The first-order valence-electron chi connectivity index (χ1n) is 9.27. The predicted octanol–water partition coefficient (Wildman–Crippen LogP) is 4.54. The van der Waals surface area contributed by atoms with Crippen LogP contribution in [0.25, 0.3) is 0 Å². The van der Waals surface area contributed by atoms with Crippen molar-refractivity contribution in [2.45, 2.75) is 98.6 Å². The normalized spacial score (nSPS) is 15.4. The molecule has 0 bridgehead atoms. The van der Waals surface area contributed by atoms with Crippen LogP contribution in [0.15, 0.2) is 0 Å². The minimum absolute atomic E-state index is 0.0183. The quantitative estimate of drug-likeness (QED) is 0.614. The van der Waals surface area contributed by atoms with Crippen molar-refractivity contribution < 1.29 is 14.3 Å².